The van der Waals surface area contributed by atoms with Crippen molar-refractivity contribution in [2.45, 2.75) is 6.42 Å². The summed E-state index contributed by atoms with van der Waals surface area (Å²) in [5.41, 5.74) is 0.986. The molecule has 0 spiro atoms. The Kier molecular flexibility index (Phi) is 3.33. The van der Waals surface area contributed by atoms with Crippen LogP contribution in [0.25, 0.3) is 4.96 Å². The van der Waals surface area contributed by atoms with Crippen molar-refractivity contribution in [3.8, 4) is 5.75 Å². The van der Waals surface area contributed by atoms with Gasteiger partial charge in [-0.25, -0.2) is 0 Å². The van der Waals surface area contributed by atoms with Gasteiger partial charge in [0.2, 0.25) is 4.96 Å². The number of benzene rings is 1. The minimum Gasteiger partial charge on any atom is -0.496 e. The second-order valence-corrected chi connectivity index (χ2v) is 5.70. The van der Waals surface area contributed by atoms with Crippen LogP contribution in [0, 0.1) is 3.95 Å². The van der Waals surface area contributed by atoms with Gasteiger partial charge in [-0.05, 0) is 18.3 Å². The van der Waals surface area contributed by atoms with Crippen molar-refractivity contribution in [3.05, 3.63) is 49.8 Å². The van der Waals surface area contributed by atoms with Gasteiger partial charge in [-0.2, -0.15) is 4.52 Å². The van der Waals surface area contributed by atoms with Crippen LogP contribution in [0.3, 0.4) is 0 Å². The highest BCUT2D eigenvalue weighted by Gasteiger charge is 2.11. The van der Waals surface area contributed by atoms with E-state index in [0.29, 0.717) is 21.0 Å². The van der Waals surface area contributed by atoms with Crippen LogP contribution in [0.1, 0.15) is 11.3 Å². The molecule has 0 aliphatic carbocycles. The summed E-state index contributed by atoms with van der Waals surface area (Å²) in [6, 6.07) is 7.50. The molecule has 102 valence electrons. The Balaban J connectivity index is 2.09. The number of hydrogen-bond donors (Lipinski definition) is 1. The van der Waals surface area contributed by atoms with Gasteiger partial charge >= 0.3 is 0 Å². The molecule has 0 bridgehead atoms. The maximum Gasteiger partial charge on any atom is 0.295 e. The summed E-state index contributed by atoms with van der Waals surface area (Å²) in [6.45, 7) is 0. The molecule has 8 heteroatoms. The Hall–Kier alpha value is -2.06. The molecular formula is C12H10N4O2S2. The molecule has 0 saturated carbocycles. The van der Waals surface area contributed by atoms with Gasteiger partial charge in [0, 0.05) is 12.0 Å². The lowest BCUT2D eigenvalue weighted by Crippen LogP contribution is -2.22. The van der Waals surface area contributed by atoms with E-state index in [1.165, 1.54) is 15.9 Å². The third-order valence-corrected chi connectivity index (χ3v) is 3.90. The SMILES string of the molecule is COc1ccccc1Cc1nnc2sc(=S)[nH]n2c1=O. The molecule has 3 aromatic rings. The quantitative estimate of drug-likeness (QED) is 0.747. The number of para-hydroxylation sites is 1. The molecule has 3 rings (SSSR count). The predicted molar refractivity (Wildman–Crippen MR) is 78.1 cm³/mol. The Morgan fingerprint density at radius 1 is 1.40 bits per heavy atom. The van der Waals surface area contributed by atoms with E-state index in [4.69, 9.17) is 17.0 Å². The summed E-state index contributed by atoms with van der Waals surface area (Å²) in [6.07, 6.45) is 0.356. The lowest BCUT2D eigenvalue weighted by atomic mass is 10.1. The van der Waals surface area contributed by atoms with Crippen molar-refractivity contribution in [1.29, 1.82) is 0 Å². The number of H-pyrrole nitrogens is 1. The van der Waals surface area contributed by atoms with Gasteiger partial charge in [0.1, 0.15) is 11.4 Å². The first-order chi connectivity index (χ1) is 9.69. The van der Waals surface area contributed by atoms with E-state index in [2.05, 4.69) is 15.3 Å². The number of hydrogen-bond acceptors (Lipinski definition) is 6. The fraction of sp³-hybridized carbons (Fsp3) is 0.167. The highest BCUT2D eigenvalue weighted by molar-refractivity contribution is 7.73. The molecule has 6 nitrogen and oxygen atoms in total. The van der Waals surface area contributed by atoms with Gasteiger partial charge < -0.3 is 4.74 Å². The average molecular weight is 306 g/mol. The maximum absolute atomic E-state index is 12.3. The van der Waals surface area contributed by atoms with Crippen molar-refractivity contribution in [1.82, 2.24) is 19.8 Å². The summed E-state index contributed by atoms with van der Waals surface area (Å²) in [5, 5.41) is 10.8. The molecule has 1 N–H and O–H groups in total. The number of aromatic nitrogens is 4. The summed E-state index contributed by atoms with van der Waals surface area (Å²) in [5.74, 6) is 0.719. The third-order valence-electron chi connectivity index (χ3n) is 2.83. The molecule has 1 aromatic carbocycles. The average Bonchev–Trinajstić information content (AvgIpc) is 2.84. The molecule has 0 saturated heterocycles. The van der Waals surface area contributed by atoms with Crippen molar-refractivity contribution < 1.29 is 4.74 Å². The number of aromatic amines is 1. The van der Waals surface area contributed by atoms with E-state index >= 15 is 0 Å². The molecule has 0 unspecified atom stereocenters. The third kappa shape index (κ3) is 2.23. The van der Waals surface area contributed by atoms with Crippen molar-refractivity contribution in [2.24, 2.45) is 0 Å². The zero-order valence-electron chi connectivity index (χ0n) is 10.5. The molecule has 0 aliphatic heterocycles. The van der Waals surface area contributed by atoms with Crippen molar-refractivity contribution >= 4 is 28.5 Å². The fourth-order valence-corrected chi connectivity index (χ4v) is 2.83. The Bertz CT molecular complexity index is 881. The molecule has 0 amide bonds. The van der Waals surface area contributed by atoms with Gasteiger partial charge in [-0.3, -0.25) is 9.89 Å². The molecule has 0 fully saturated rings. The minimum absolute atomic E-state index is 0.242. The summed E-state index contributed by atoms with van der Waals surface area (Å²) in [4.78, 5) is 12.8. The zero-order valence-corrected chi connectivity index (χ0v) is 12.1. The first-order valence-electron chi connectivity index (χ1n) is 5.78. The summed E-state index contributed by atoms with van der Waals surface area (Å²) in [7, 11) is 1.59. The first-order valence-corrected chi connectivity index (χ1v) is 7.01. The first kappa shape index (κ1) is 12.9. The van der Waals surface area contributed by atoms with Crippen LogP contribution < -0.4 is 10.3 Å². The number of fused-ring (bicyclic) bond motifs is 1. The van der Waals surface area contributed by atoms with E-state index in [9.17, 15) is 4.79 Å². The maximum atomic E-state index is 12.3. The van der Waals surface area contributed by atoms with Crippen molar-refractivity contribution in [2.75, 3.05) is 7.11 Å². The highest BCUT2D eigenvalue weighted by atomic mass is 32.1. The van der Waals surface area contributed by atoms with Crippen molar-refractivity contribution in [3.63, 3.8) is 0 Å². The largest absolute Gasteiger partial charge is 0.496 e. The topological polar surface area (TPSA) is 72.3 Å². The van der Waals surface area contributed by atoms with Gasteiger partial charge in [-0.15, -0.1) is 10.2 Å². The van der Waals surface area contributed by atoms with Crippen LogP contribution in [0.15, 0.2) is 29.1 Å². The van der Waals surface area contributed by atoms with E-state index < -0.39 is 0 Å². The monoisotopic (exact) mass is 306 g/mol. The predicted octanol–water partition coefficient (Wildman–Crippen LogP) is 1.81. The molecule has 2 heterocycles. The van der Waals surface area contributed by atoms with Gasteiger partial charge in [0.15, 0.2) is 3.95 Å². The molecular weight excluding hydrogens is 296 g/mol. The fourth-order valence-electron chi connectivity index (χ4n) is 1.91. The van der Waals surface area contributed by atoms with Crippen LogP contribution in [0.5, 0.6) is 5.75 Å². The van der Waals surface area contributed by atoms with E-state index in [1.54, 1.807) is 7.11 Å². The number of rotatable bonds is 3. The lowest BCUT2D eigenvalue weighted by molar-refractivity contribution is 0.410. The minimum atomic E-state index is -0.242. The second kappa shape index (κ2) is 5.14. The Labute approximate surface area is 122 Å². The molecule has 0 radical (unpaired) electrons. The standard InChI is InChI=1S/C12H10N4O2S2/c1-18-9-5-3-2-4-7(9)6-8-10(17)16-11(14-13-8)20-12(19)15-16/h2-5H,6H2,1H3,(H,15,19). The number of ether oxygens (including phenoxy) is 1. The lowest BCUT2D eigenvalue weighted by Gasteiger charge is -2.06. The Morgan fingerprint density at radius 2 is 2.20 bits per heavy atom. The summed E-state index contributed by atoms with van der Waals surface area (Å²) >= 11 is 6.21. The van der Waals surface area contributed by atoms with E-state index in [-0.39, 0.29) is 5.56 Å². The Morgan fingerprint density at radius 3 is 3.00 bits per heavy atom. The van der Waals surface area contributed by atoms with Crippen LogP contribution in [-0.4, -0.2) is 26.9 Å². The molecule has 0 aliphatic rings. The smallest absolute Gasteiger partial charge is 0.295 e. The van der Waals surface area contributed by atoms with Gasteiger partial charge in [-0.1, -0.05) is 29.5 Å². The molecule has 20 heavy (non-hydrogen) atoms. The highest BCUT2D eigenvalue weighted by Crippen LogP contribution is 2.19. The number of nitrogens with zero attached hydrogens (tertiary/aromatic N) is 3. The normalized spacial score (nSPS) is 10.8. The molecule has 2 aromatic heterocycles. The summed E-state index contributed by atoms with van der Waals surface area (Å²) < 4.78 is 7.09. The van der Waals surface area contributed by atoms with Crippen LogP contribution in [-0.2, 0) is 6.42 Å². The van der Waals surface area contributed by atoms with Crippen LogP contribution >= 0.6 is 23.6 Å². The zero-order chi connectivity index (χ0) is 14.1. The van der Waals surface area contributed by atoms with E-state index in [1.807, 2.05) is 24.3 Å². The van der Waals surface area contributed by atoms with Gasteiger partial charge in [0.05, 0.1) is 7.11 Å². The number of methoxy groups -OCH3 is 1. The van der Waals surface area contributed by atoms with E-state index in [0.717, 1.165) is 11.3 Å². The van der Waals surface area contributed by atoms with Crippen LogP contribution in [0.4, 0.5) is 0 Å². The second-order valence-electron chi connectivity index (χ2n) is 4.06. The van der Waals surface area contributed by atoms with Crippen LogP contribution in [0.2, 0.25) is 0 Å². The van der Waals surface area contributed by atoms with Gasteiger partial charge in [0.25, 0.3) is 5.56 Å². The number of nitrogens with one attached hydrogen (secondary N) is 1. The molecule has 0 atom stereocenters.